The minimum Gasteiger partial charge on any atom is -0.383 e. The highest BCUT2D eigenvalue weighted by molar-refractivity contribution is 6.10. The molecule has 2 aliphatic heterocycles. The van der Waals surface area contributed by atoms with Crippen LogP contribution in [0.5, 0.6) is 0 Å². The van der Waals surface area contributed by atoms with E-state index in [9.17, 15) is 4.79 Å². The average Bonchev–Trinajstić information content (AvgIpc) is 3.50. The van der Waals surface area contributed by atoms with E-state index < -0.39 is 0 Å². The number of benzene rings is 2. The zero-order valence-electron chi connectivity index (χ0n) is 24.3. The van der Waals surface area contributed by atoms with Crippen molar-refractivity contribution in [2.45, 2.75) is 50.7 Å². The number of methoxy groups -OCH3 is 1. The lowest BCUT2D eigenvalue weighted by atomic mass is 9.97. The topological polar surface area (TPSA) is 80.7 Å². The maximum Gasteiger partial charge on any atom is 0.260 e. The highest BCUT2D eigenvalue weighted by Gasteiger charge is 2.35. The van der Waals surface area contributed by atoms with Gasteiger partial charge in [0.2, 0.25) is 0 Å². The summed E-state index contributed by atoms with van der Waals surface area (Å²) in [6.45, 7) is 9.82. The molecule has 0 radical (unpaired) electrons. The van der Waals surface area contributed by atoms with Crippen molar-refractivity contribution in [3.05, 3.63) is 88.4 Å². The molecule has 218 valence electrons. The Morgan fingerprint density at radius 1 is 1.09 bits per heavy atom. The number of hydrogen-bond donors (Lipinski definition) is 0. The Hall–Kier alpha value is -4.46. The molecule has 1 saturated carbocycles. The second kappa shape index (κ2) is 11.0. The number of pyridine rings is 1. The molecular weight excluding hydrogens is 545 g/mol. The van der Waals surface area contributed by atoms with Gasteiger partial charge in [-0.05, 0) is 79.3 Å². The number of anilines is 1. The van der Waals surface area contributed by atoms with Crippen molar-refractivity contribution >= 4 is 17.4 Å². The molecule has 0 spiro atoms. The van der Waals surface area contributed by atoms with Crippen molar-refractivity contribution in [1.82, 2.24) is 24.6 Å². The number of aromatic nitrogens is 4. The second-order valence-electron chi connectivity index (χ2n) is 11.7. The fourth-order valence-electron chi connectivity index (χ4n) is 6.40. The van der Waals surface area contributed by atoms with Gasteiger partial charge in [0, 0.05) is 55.0 Å². The summed E-state index contributed by atoms with van der Waals surface area (Å²) >= 11 is 0. The molecule has 2 aromatic carbocycles. The number of carbonyl (C=O) groups is 1. The average molecular weight is 578 g/mol. The molecule has 1 atom stereocenters. The molecule has 7 rings (SSSR count). The molecule has 10 heteroatoms. The first-order valence-corrected chi connectivity index (χ1v) is 14.7. The maximum absolute atomic E-state index is 15.5. The molecule has 2 fully saturated rings. The van der Waals surface area contributed by atoms with E-state index in [1.807, 2.05) is 35.9 Å². The number of nitrogens with zero attached hydrogens (tertiary/aromatic N) is 7. The van der Waals surface area contributed by atoms with E-state index in [1.165, 1.54) is 0 Å². The Morgan fingerprint density at radius 3 is 2.70 bits per heavy atom. The summed E-state index contributed by atoms with van der Waals surface area (Å²) in [6.07, 6.45) is 5.84. The van der Waals surface area contributed by atoms with Gasteiger partial charge in [-0.2, -0.15) is 0 Å². The standard InChI is InChI=1S/C33H32FN7O2/c1-35-23-8-9-25(26(15-23)32-38-36-19-39(32)2)22-13-30(21-6-7-21)37-31(14-22)41-17-28-27(33(41)42)11-20(12-29(28)34)16-40-10-4-5-24(40)18-43-3/h8-9,11-15,19,21,24H,4-7,10,16-18H2,2-3H3/t24-/m1/s1. The summed E-state index contributed by atoms with van der Waals surface area (Å²) in [5.74, 6) is 0.859. The third-order valence-electron chi connectivity index (χ3n) is 8.79. The van der Waals surface area contributed by atoms with E-state index in [0.717, 1.165) is 60.2 Å². The van der Waals surface area contributed by atoms with Gasteiger partial charge in [0.1, 0.15) is 18.0 Å². The Kier molecular flexibility index (Phi) is 7.00. The van der Waals surface area contributed by atoms with Crippen LogP contribution in [0, 0.1) is 12.4 Å². The van der Waals surface area contributed by atoms with Gasteiger partial charge in [-0.15, -0.1) is 10.2 Å². The fourth-order valence-corrected chi connectivity index (χ4v) is 6.40. The van der Waals surface area contributed by atoms with Crippen molar-refractivity contribution < 1.29 is 13.9 Å². The summed E-state index contributed by atoms with van der Waals surface area (Å²) in [7, 11) is 3.57. The molecule has 0 N–H and O–H groups in total. The number of fused-ring (bicyclic) bond motifs is 1. The molecule has 43 heavy (non-hydrogen) atoms. The lowest BCUT2D eigenvalue weighted by Crippen LogP contribution is -2.32. The van der Waals surface area contributed by atoms with Crippen molar-refractivity contribution in [1.29, 1.82) is 0 Å². The summed E-state index contributed by atoms with van der Waals surface area (Å²) in [5.41, 5.74) is 5.51. The molecule has 3 aliphatic rings. The Balaban J connectivity index is 1.25. The zero-order valence-corrected chi connectivity index (χ0v) is 24.3. The van der Waals surface area contributed by atoms with E-state index >= 15 is 4.39 Å². The molecular formula is C33H32FN7O2. The third-order valence-corrected chi connectivity index (χ3v) is 8.79. The monoisotopic (exact) mass is 577 g/mol. The molecule has 9 nitrogen and oxygen atoms in total. The summed E-state index contributed by atoms with van der Waals surface area (Å²) in [4.78, 5) is 26.3. The van der Waals surface area contributed by atoms with Crippen LogP contribution in [-0.4, -0.2) is 56.9 Å². The lowest BCUT2D eigenvalue weighted by molar-refractivity contribution is 0.0995. The Labute approximate surface area is 249 Å². The molecule has 4 aromatic rings. The normalized spacial score (nSPS) is 18.3. The summed E-state index contributed by atoms with van der Waals surface area (Å²) in [6, 6.07) is 13.2. The van der Waals surface area contributed by atoms with Gasteiger partial charge in [-0.1, -0.05) is 12.1 Å². The van der Waals surface area contributed by atoms with Crippen LogP contribution in [0.25, 0.3) is 27.4 Å². The molecule has 1 aliphatic carbocycles. The van der Waals surface area contributed by atoms with Crippen molar-refractivity contribution in [2.75, 3.05) is 25.2 Å². The predicted molar refractivity (Wildman–Crippen MR) is 160 cm³/mol. The number of likely N-dealkylation sites (tertiary alicyclic amines) is 1. The summed E-state index contributed by atoms with van der Waals surface area (Å²) in [5, 5.41) is 8.35. The second-order valence-corrected chi connectivity index (χ2v) is 11.7. The number of amides is 1. The van der Waals surface area contributed by atoms with Gasteiger partial charge in [-0.25, -0.2) is 14.2 Å². The molecule has 0 unspecified atom stereocenters. The SMILES string of the molecule is [C-]#[N+]c1ccc(-c2cc(C3CC3)nc(N3Cc4c(F)cc(CN5CCC[C@@H]5COC)cc4C3=O)c2)c(-c2nncn2C)c1. The van der Waals surface area contributed by atoms with Gasteiger partial charge < -0.3 is 9.30 Å². The predicted octanol–water partition coefficient (Wildman–Crippen LogP) is 5.88. The van der Waals surface area contributed by atoms with Crippen LogP contribution in [0.2, 0.25) is 0 Å². The molecule has 2 aromatic heterocycles. The van der Waals surface area contributed by atoms with Crippen LogP contribution in [0.3, 0.4) is 0 Å². The first-order valence-electron chi connectivity index (χ1n) is 14.7. The molecule has 0 bridgehead atoms. The van der Waals surface area contributed by atoms with Crippen molar-refractivity contribution in [2.24, 2.45) is 7.05 Å². The van der Waals surface area contributed by atoms with E-state index in [4.69, 9.17) is 16.3 Å². The van der Waals surface area contributed by atoms with Gasteiger partial charge in [-0.3, -0.25) is 14.6 Å². The quantitative estimate of drug-likeness (QED) is 0.243. The van der Waals surface area contributed by atoms with E-state index in [-0.39, 0.29) is 18.3 Å². The van der Waals surface area contributed by atoms with Crippen molar-refractivity contribution in [3.63, 3.8) is 0 Å². The number of aryl methyl sites for hydroxylation is 1. The minimum absolute atomic E-state index is 0.129. The van der Waals surface area contributed by atoms with E-state index in [0.29, 0.717) is 53.6 Å². The van der Waals surface area contributed by atoms with Crippen molar-refractivity contribution in [3.8, 4) is 22.5 Å². The van der Waals surface area contributed by atoms with Crippen LogP contribution >= 0.6 is 0 Å². The van der Waals surface area contributed by atoms with Crippen LogP contribution in [0.4, 0.5) is 15.9 Å². The van der Waals surface area contributed by atoms with Crippen LogP contribution in [0.15, 0.2) is 48.8 Å². The molecule has 4 heterocycles. The number of carbonyl (C=O) groups excluding carboxylic acids is 1. The highest BCUT2D eigenvalue weighted by Crippen LogP contribution is 2.43. The zero-order chi connectivity index (χ0) is 29.7. The van der Waals surface area contributed by atoms with Crippen LogP contribution < -0.4 is 4.90 Å². The Morgan fingerprint density at radius 2 is 1.95 bits per heavy atom. The van der Waals surface area contributed by atoms with Gasteiger partial charge in [0.05, 0.1) is 19.7 Å². The van der Waals surface area contributed by atoms with Crippen LogP contribution in [0.1, 0.15) is 58.8 Å². The van der Waals surface area contributed by atoms with Crippen LogP contribution in [-0.2, 0) is 24.9 Å². The smallest absolute Gasteiger partial charge is 0.260 e. The third kappa shape index (κ3) is 5.09. The lowest BCUT2D eigenvalue weighted by Gasteiger charge is -2.24. The number of hydrogen-bond acceptors (Lipinski definition) is 6. The fraction of sp³-hybridized carbons (Fsp3) is 0.364. The molecule has 1 amide bonds. The first-order chi connectivity index (χ1) is 20.9. The molecule has 1 saturated heterocycles. The maximum atomic E-state index is 15.5. The van der Waals surface area contributed by atoms with Gasteiger partial charge in [0.15, 0.2) is 11.5 Å². The van der Waals surface area contributed by atoms with E-state index in [1.54, 1.807) is 30.5 Å². The first kappa shape index (κ1) is 27.4. The number of ether oxygens (including phenoxy) is 1. The van der Waals surface area contributed by atoms with Gasteiger partial charge in [0.25, 0.3) is 5.91 Å². The number of rotatable bonds is 8. The highest BCUT2D eigenvalue weighted by atomic mass is 19.1. The Bertz CT molecular complexity index is 1770. The van der Waals surface area contributed by atoms with E-state index in [2.05, 4.69) is 26.0 Å². The minimum atomic E-state index is -0.358. The largest absolute Gasteiger partial charge is 0.383 e. The summed E-state index contributed by atoms with van der Waals surface area (Å²) < 4.78 is 22.7. The number of halogens is 1. The van der Waals surface area contributed by atoms with Gasteiger partial charge >= 0.3 is 0 Å².